The van der Waals surface area contributed by atoms with Crippen molar-refractivity contribution >= 4 is 39.8 Å². The van der Waals surface area contributed by atoms with Crippen molar-refractivity contribution in [3.8, 4) is 5.75 Å². The number of halogens is 1. The average Bonchev–Trinajstić information content (AvgIpc) is 2.49. The van der Waals surface area contributed by atoms with Crippen molar-refractivity contribution in [3.63, 3.8) is 0 Å². The molecule has 23 heavy (non-hydrogen) atoms. The summed E-state index contributed by atoms with van der Waals surface area (Å²) in [5, 5.41) is 6.38. The zero-order valence-corrected chi connectivity index (χ0v) is 17.1. The molecular formula is C15H26IN3O3S. The van der Waals surface area contributed by atoms with Crippen LogP contribution in [0.5, 0.6) is 5.75 Å². The molecule has 0 aliphatic carbocycles. The van der Waals surface area contributed by atoms with Gasteiger partial charge in [-0.3, -0.25) is 4.99 Å². The molecule has 8 heteroatoms. The molecule has 1 aromatic carbocycles. The molecule has 0 bridgehead atoms. The van der Waals surface area contributed by atoms with Crippen LogP contribution in [0.2, 0.25) is 0 Å². The third-order valence-electron chi connectivity index (χ3n) is 3.15. The number of methoxy groups -OCH3 is 1. The molecule has 2 N–H and O–H groups in total. The van der Waals surface area contributed by atoms with Gasteiger partial charge in [-0.05, 0) is 31.0 Å². The lowest BCUT2D eigenvalue weighted by Crippen LogP contribution is -2.42. The first kappa shape index (κ1) is 22.0. The van der Waals surface area contributed by atoms with Gasteiger partial charge < -0.3 is 15.4 Å². The smallest absolute Gasteiger partial charge is 0.191 e. The SMILES string of the molecule is CN=C(NCc1ccc(OC)cc1)NC(C)CCS(C)(=O)=O.I. The van der Waals surface area contributed by atoms with E-state index in [-0.39, 0.29) is 35.8 Å². The van der Waals surface area contributed by atoms with Gasteiger partial charge in [-0.25, -0.2) is 8.42 Å². The molecule has 0 aromatic heterocycles. The lowest BCUT2D eigenvalue weighted by molar-refractivity contribution is 0.414. The summed E-state index contributed by atoms with van der Waals surface area (Å²) >= 11 is 0. The second-order valence-electron chi connectivity index (χ2n) is 5.24. The van der Waals surface area contributed by atoms with E-state index in [0.717, 1.165) is 11.3 Å². The highest BCUT2D eigenvalue weighted by molar-refractivity contribution is 14.0. The third kappa shape index (κ3) is 9.65. The number of rotatable bonds is 7. The normalized spacial score (nSPS) is 13.0. The van der Waals surface area contributed by atoms with E-state index in [0.29, 0.717) is 18.9 Å². The summed E-state index contributed by atoms with van der Waals surface area (Å²) < 4.78 is 27.5. The predicted molar refractivity (Wildman–Crippen MR) is 106 cm³/mol. The minimum atomic E-state index is -2.94. The maximum absolute atomic E-state index is 11.2. The molecule has 0 heterocycles. The minimum absolute atomic E-state index is 0. The van der Waals surface area contributed by atoms with E-state index in [2.05, 4.69) is 15.6 Å². The quantitative estimate of drug-likeness (QED) is 0.373. The number of sulfone groups is 1. The number of ether oxygens (including phenoxy) is 1. The van der Waals surface area contributed by atoms with Crippen LogP contribution >= 0.6 is 24.0 Å². The van der Waals surface area contributed by atoms with E-state index in [9.17, 15) is 8.42 Å². The Kier molecular flexibility index (Phi) is 10.2. The molecular weight excluding hydrogens is 429 g/mol. The number of benzene rings is 1. The van der Waals surface area contributed by atoms with Gasteiger partial charge in [-0.1, -0.05) is 12.1 Å². The average molecular weight is 455 g/mol. The highest BCUT2D eigenvalue weighted by Crippen LogP contribution is 2.10. The largest absolute Gasteiger partial charge is 0.497 e. The lowest BCUT2D eigenvalue weighted by Gasteiger charge is -2.17. The van der Waals surface area contributed by atoms with E-state index >= 15 is 0 Å². The zero-order chi connectivity index (χ0) is 16.6. The monoisotopic (exact) mass is 455 g/mol. The second kappa shape index (κ2) is 10.7. The van der Waals surface area contributed by atoms with E-state index < -0.39 is 9.84 Å². The van der Waals surface area contributed by atoms with Gasteiger partial charge in [-0.15, -0.1) is 24.0 Å². The Morgan fingerprint density at radius 3 is 2.39 bits per heavy atom. The first-order valence-electron chi connectivity index (χ1n) is 7.12. The van der Waals surface area contributed by atoms with E-state index in [1.807, 2.05) is 31.2 Å². The lowest BCUT2D eigenvalue weighted by atomic mass is 10.2. The van der Waals surface area contributed by atoms with Crippen LogP contribution in [0.3, 0.4) is 0 Å². The van der Waals surface area contributed by atoms with Crippen molar-refractivity contribution in [2.45, 2.75) is 25.9 Å². The van der Waals surface area contributed by atoms with Gasteiger partial charge in [0.15, 0.2) is 5.96 Å². The molecule has 0 fully saturated rings. The van der Waals surface area contributed by atoms with Crippen LogP contribution in [0.1, 0.15) is 18.9 Å². The molecule has 1 rings (SSSR count). The summed E-state index contributed by atoms with van der Waals surface area (Å²) in [4.78, 5) is 4.14. The van der Waals surface area contributed by atoms with Gasteiger partial charge in [0, 0.05) is 25.9 Å². The fraction of sp³-hybridized carbons (Fsp3) is 0.533. The molecule has 1 aromatic rings. The Balaban J connectivity index is 0.00000484. The highest BCUT2D eigenvalue weighted by atomic mass is 127. The Bertz CT molecular complexity index is 588. The van der Waals surface area contributed by atoms with Gasteiger partial charge in [-0.2, -0.15) is 0 Å². The summed E-state index contributed by atoms with van der Waals surface area (Å²) in [6.07, 6.45) is 1.79. The van der Waals surface area contributed by atoms with Crippen LogP contribution in [0, 0.1) is 0 Å². The minimum Gasteiger partial charge on any atom is -0.497 e. The Morgan fingerprint density at radius 1 is 1.30 bits per heavy atom. The first-order chi connectivity index (χ1) is 10.3. The summed E-state index contributed by atoms with van der Waals surface area (Å²) in [7, 11) is 0.387. The van der Waals surface area contributed by atoms with E-state index in [1.165, 1.54) is 6.26 Å². The maximum atomic E-state index is 11.2. The van der Waals surface area contributed by atoms with Crippen LogP contribution in [0.4, 0.5) is 0 Å². The molecule has 0 spiro atoms. The highest BCUT2D eigenvalue weighted by Gasteiger charge is 2.09. The molecule has 0 aliphatic rings. The predicted octanol–water partition coefficient (Wildman–Crippen LogP) is 1.80. The van der Waals surface area contributed by atoms with Crippen LogP contribution in [0.15, 0.2) is 29.3 Å². The zero-order valence-electron chi connectivity index (χ0n) is 14.0. The number of nitrogens with zero attached hydrogens (tertiary/aromatic N) is 1. The van der Waals surface area contributed by atoms with Gasteiger partial charge in [0.2, 0.25) is 0 Å². The molecule has 0 saturated heterocycles. The van der Waals surface area contributed by atoms with Crippen LogP contribution in [-0.2, 0) is 16.4 Å². The van der Waals surface area contributed by atoms with Crippen molar-refractivity contribution < 1.29 is 13.2 Å². The molecule has 132 valence electrons. The van der Waals surface area contributed by atoms with Crippen molar-refractivity contribution in [1.29, 1.82) is 0 Å². The Labute approximate surface area is 156 Å². The standard InChI is InChI=1S/C15H25N3O3S.HI/c1-12(9-10-22(4,19)20)18-15(16-2)17-11-13-5-7-14(21-3)8-6-13;/h5-8,12H,9-11H2,1-4H3,(H2,16,17,18);1H. The van der Waals surface area contributed by atoms with E-state index in [4.69, 9.17) is 4.74 Å². The van der Waals surface area contributed by atoms with Crippen molar-refractivity contribution in [3.05, 3.63) is 29.8 Å². The molecule has 1 atom stereocenters. The molecule has 0 amide bonds. The number of nitrogens with one attached hydrogen (secondary N) is 2. The molecule has 0 aliphatic heterocycles. The summed E-state index contributed by atoms with van der Waals surface area (Å²) in [5.41, 5.74) is 1.10. The molecule has 6 nitrogen and oxygen atoms in total. The van der Waals surface area contributed by atoms with Gasteiger partial charge >= 0.3 is 0 Å². The number of aliphatic imine (C=N–C) groups is 1. The molecule has 0 saturated carbocycles. The summed E-state index contributed by atoms with van der Waals surface area (Å²) in [6, 6.07) is 7.79. The van der Waals surface area contributed by atoms with Crippen LogP contribution < -0.4 is 15.4 Å². The van der Waals surface area contributed by atoms with Gasteiger partial charge in [0.25, 0.3) is 0 Å². The molecule has 1 unspecified atom stereocenters. The maximum Gasteiger partial charge on any atom is 0.191 e. The van der Waals surface area contributed by atoms with Gasteiger partial charge in [0.1, 0.15) is 15.6 Å². The van der Waals surface area contributed by atoms with Crippen LogP contribution in [0.25, 0.3) is 0 Å². The Morgan fingerprint density at radius 2 is 1.91 bits per heavy atom. The van der Waals surface area contributed by atoms with E-state index in [1.54, 1.807) is 14.2 Å². The summed E-state index contributed by atoms with van der Waals surface area (Å²) in [5.74, 6) is 1.63. The number of guanidine groups is 1. The fourth-order valence-corrected chi connectivity index (χ4v) is 2.60. The number of hydrogen-bond donors (Lipinski definition) is 2. The summed E-state index contributed by atoms with van der Waals surface area (Å²) in [6.45, 7) is 2.56. The topological polar surface area (TPSA) is 79.8 Å². The van der Waals surface area contributed by atoms with Crippen molar-refractivity contribution in [1.82, 2.24) is 10.6 Å². The second-order valence-corrected chi connectivity index (χ2v) is 7.50. The fourth-order valence-electron chi connectivity index (χ4n) is 1.82. The van der Waals surface area contributed by atoms with Crippen molar-refractivity contribution in [2.24, 2.45) is 4.99 Å². The number of hydrogen-bond acceptors (Lipinski definition) is 4. The first-order valence-corrected chi connectivity index (χ1v) is 9.18. The van der Waals surface area contributed by atoms with Crippen molar-refractivity contribution in [2.75, 3.05) is 26.2 Å². The van der Waals surface area contributed by atoms with Gasteiger partial charge in [0.05, 0.1) is 12.9 Å². The molecule has 0 radical (unpaired) electrons. The van der Waals surface area contributed by atoms with Crippen LogP contribution in [-0.4, -0.2) is 46.6 Å². The Hall–Kier alpha value is -1.03. The third-order valence-corrected chi connectivity index (χ3v) is 4.12.